The summed E-state index contributed by atoms with van der Waals surface area (Å²) in [4.78, 5) is 0. The number of nitrogens with one attached hydrogen (secondary N) is 1. The molecule has 20 heavy (non-hydrogen) atoms. The van der Waals surface area contributed by atoms with E-state index < -0.39 is 0 Å². The molecule has 3 heteroatoms. The fraction of sp³-hybridized carbons (Fsp3) is 0.647. The number of aryl methyl sites for hydroxylation is 1. The summed E-state index contributed by atoms with van der Waals surface area (Å²) >= 11 is 0. The smallest absolute Gasteiger partial charge is 0.123 e. The van der Waals surface area contributed by atoms with Crippen molar-refractivity contribution in [2.75, 3.05) is 0 Å². The second-order valence-electron chi connectivity index (χ2n) is 6.77. The van der Waals surface area contributed by atoms with Gasteiger partial charge in [0, 0.05) is 0 Å². The van der Waals surface area contributed by atoms with Crippen LogP contribution >= 0.6 is 0 Å². The Hall–Kier alpha value is -0.930. The minimum atomic E-state index is -0.175. The van der Waals surface area contributed by atoms with Gasteiger partial charge in [0.25, 0.3) is 0 Å². The minimum Gasteiger partial charge on any atom is -0.271 e. The monoisotopic (exact) mass is 278 g/mol. The van der Waals surface area contributed by atoms with Gasteiger partial charge in [-0.25, -0.2) is 4.39 Å². The number of rotatable bonds is 5. The van der Waals surface area contributed by atoms with Crippen LogP contribution in [0.5, 0.6) is 0 Å². The zero-order valence-corrected chi connectivity index (χ0v) is 12.9. The first-order chi connectivity index (χ1) is 9.48. The molecule has 112 valence electrons. The van der Waals surface area contributed by atoms with Crippen LogP contribution in [0, 0.1) is 24.1 Å². The maximum absolute atomic E-state index is 13.3. The lowest BCUT2D eigenvalue weighted by molar-refractivity contribution is 0.155. The van der Waals surface area contributed by atoms with Gasteiger partial charge in [0.05, 0.1) is 6.04 Å². The fourth-order valence-electron chi connectivity index (χ4n) is 4.06. The first kappa shape index (κ1) is 15.5. The second kappa shape index (κ2) is 6.23. The summed E-state index contributed by atoms with van der Waals surface area (Å²) in [6.45, 7) is 6.51. The number of hydrazine groups is 1. The summed E-state index contributed by atoms with van der Waals surface area (Å²) in [5.41, 5.74) is 5.40. The Morgan fingerprint density at radius 1 is 1.30 bits per heavy atom. The van der Waals surface area contributed by atoms with Crippen LogP contribution in [0.25, 0.3) is 0 Å². The third kappa shape index (κ3) is 3.04. The molecular formula is C17H27FN2. The Balaban J connectivity index is 2.38. The molecule has 0 spiro atoms. The third-order valence-electron chi connectivity index (χ3n) is 4.74. The molecule has 1 saturated carbocycles. The van der Waals surface area contributed by atoms with Crippen molar-refractivity contribution in [3.8, 4) is 0 Å². The molecule has 0 bridgehead atoms. The lowest BCUT2D eigenvalue weighted by atomic mass is 9.70. The van der Waals surface area contributed by atoms with Crippen molar-refractivity contribution >= 4 is 0 Å². The number of nitrogens with two attached hydrogens (primary N) is 1. The summed E-state index contributed by atoms with van der Waals surface area (Å²) in [5, 5.41) is 0. The minimum absolute atomic E-state index is 0.119. The highest BCUT2D eigenvalue weighted by Gasteiger charge is 2.42. The van der Waals surface area contributed by atoms with Gasteiger partial charge < -0.3 is 0 Å². The summed E-state index contributed by atoms with van der Waals surface area (Å²) in [5.74, 6) is 6.38. The Bertz CT molecular complexity index is 450. The van der Waals surface area contributed by atoms with E-state index in [9.17, 15) is 4.39 Å². The van der Waals surface area contributed by atoms with Gasteiger partial charge >= 0.3 is 0 Å². The normalized spacial score (nSPS) is 19.5. The van der Waals surface area contributed by atoms with E-state index in [1.54, 1.807) is 12.1 Å². The van der Waals surface area contributed by atoms with Crippen molar-refractivity contribution in [2.24, 2.45) is 17.2 Å². The molecule has 1 unspecified atom stereocenters. The van der Waals surface area contributed by atoms with E-state index in [1.807, 2.05) is 13.0 Å². The van der Waals surface area contributed by atoms with Crippen LogP contribution in [-0.2, 0) is 0 Å². The summed E-state index contributed by atoms with van der Waals surface area (Å²) < 4.78 is 13.3. The lowest BCUT2D eigenvalue weighted by Gasteiger charge is -2.39. The van der Waals surface area contributed by atoms with E-state index in [1.165, 1.54) is 32.1 Å². The maximum Gasteiger partial charge on any atom is 0.123 e. The molecule has 1 aliphatic rings. The molecule has 1 fully saturated rings. The quantitative estimate of drug-likeness (QED) is 0.624. The molecule has 1 aliphatic carbocycles. The molecule has 0 amide bonds. The molecule has 1 aromatic rings. The number of halogens is 1. The zero-order chi connectivity index (χ0) is 14.8. The number of hydrogen-bond donors (Lipinski definition) is 2. The predicted octanol–water partition coefficient (Wildman–Crippen LogP) is 4.25. The van der Waals surface area contributed by atoms with Crippen molar-refractivity contribution in [2.45, 2.75) is 58.9 Å². The first-order valence-corrected chi connectivity index (χ1v) is 7.71. The van der Waals surface area contributed by atoms with Gasteiger partial charge in [0.2, 0.25) is 0 Å². The van der Waals surface area contributed by atoms with Gasteiger partial charge in [0.15, 0.2) is 0 Å². The Kier molecular flexibility index (Phi) is 4.82. The van der Waals surface area contributed by atoms with Crippen molar-refractivity contribution in [3.63, 3.8) is 0 Å². The van der Waals surface area contributed by atoms with Gasteiger partial charge in [-0.3, -0.25) is 11.3 Å². The van der Waals surface area contributed by atoms with Crippen LogP contribution in [0.15, 0.2) is 18.2 Å². The van der Waals surface area contributed by atoms with Crippen LogP contribution < -0.4 is 11.3 Å². The van der Waals surface area contributed by atoms with Crippen molar-refractivity contribution in [1.29, 1.82) is 0 Å². The number of hydrogen-bond acceptors (Lipinski definition) is 2. The molecule has 0 aromatic heterocycles. The third-order valence-corrected chi connectivity index (χ3v) is 4.74. The Morgan fingerprint density at radius 2 is 1.95 bits per heavy atom. The molecule has 3 N–H and O–H groups in total. The highest BCUT2D eigenvalue weighted by atomic mass is 19.1. The van der Waals surface area contributed by atoms with Crippen molar-refractivity contribution in [3.05, 3.63) is 35.1 Å². The van der Waals surface area contributed by atoms with E-state index in [-0.39, 0.29) is 17.3 Å². The van der Waals surface area contributed by atoms with Crippen LogP contribution in [0.2, 0.25) is 0 Å². The van der Waals surface area contributed by atoms with Crippen LogP contribution in [0.1, 0.15) is 63.1 Å². The summed E-state index contributed by atoms with van der Waals surface area (Å²) in [6.07, 6.45) is 6.11. The first-order valence-electron chi connectivity index (χ1n) is 7.71. The average molecular weight is 278 g/mol. The molecule has 0 radical (unpaired) electrons. The van der Waals surface area contributed by atoms with E-state index in [0.29, 0.717) is 5.92 Å². The molecular weight excluding hydrogens is 251 g/mol. The van der Waals surface area contributed by atoms with Gasteiger partial charge in [-0.1, -0.05) is 32.8 Å². The highest BCUT2D eigenvalue weighted by molar-refractivity contribution is 5.31. The van der Waals surface area contributed by atoms with Gasteiger partial charge in [0.1, 0.15) is 5.82 Å². The van der Waals surface area contributed by atoms with Gasteiger partial charge in [-0.05, 0) is 60.8 Å². The summed E-state index contributed by atoms with van der Waals surface area (Å²) in [6, 6.07) is 5.17. The highest BCUT2D eigenvalue weighted by Crippen LogP contribution is 2.51. The second-order valence-corrected chi connectivity index (χ2v) is 6.77. The molecule has 2 rings (SSSR count). The standard InChI is InChI=1S/C17H27FN2/c1-12(2)11-17(8-4-5-9-17)16(20-19)15-7-6-14(18)10-13(15)3/h6-7,10,12,16,20H,4-5,8-9,11,19H2,1-3H3. The van der Waals surface area contributed by atoms with Crippen molar-refractivity contribution < 1.29 is 4.39 Å². The van der Waals surface area contributed by atoms with E-state index in [2.05, 4.69) is 19.3 Å². The van der Waals surface area contributed by atoms with E-state index >= 15 is 0 Å². The average Bonchev–Trinajstić information content (AvgIpc) is 2.81. The number of benzene rings is 1. The van der Waals surface area contributed by atoms with E-state index in [0.717, 1.165) is 11.1 Å². The van der Waals surface area contributed by atoms with Gasteiger partial charge in [-0.2, -0.15) is 0 Å². The maximum atomic E-state index is 13.3. The van der Waals surface area contributed by atoms with E-state index in [4.69, 9.17) is 5.84 Å². The van der Waals surface area contributed by atoms with Crippen LogP contribution in [0.4, 0.5) is 4.39 Å². The molecule has 1 aromatic carbocycles. The lowest BCUT2D eigenvalue weighted by Crippen LogP contribution is -2.41. The van der Waals surface area contributed by atoms with Crippen LogP contribution in [-0.4, -0.2) is 0 Å². The Morgan fingerprint density at radius 3 is 2.45 bits per heavy atom. The fourth-order valence-corrected chi connectivity index (χ4v) is 4.06. The molecule has 1 atom stereocenters. The Labute approximate surface area is 121 Å². The van der Waals surface area contributed by atoms with Crippen molar-refractivity contribution in [1.82, 2.24) is 5.43 Å². The topological polar surface area (TPSA) is 38.0 Å². The molecule has 0 aliphatic heterocycles. The largest absolute Gasteiger partial charge is 0.271 e. The molecule has 0 saturated heterocycles. The molecule has 2 nitrogen and oxygen atoms in total. The summed E-state index contributed by atoms with van der Waals surface area (Å²) in [7, 11) is 0. The predicted molar refractivity (Wildman–Crippen MR) is 81.6 cm³/mol. The van der Waals surface area contributed by atoms with Gasteiger partial charge in [-0.15, -0.1) is 0 Å². The SMILES string of the molecule is Cc1cc(F)ccc1C(NN)C1(CC(C)C)CCCC1. The molecule has 0 heterocycles. The van der Waals surface area contributed by atoms with Crippen LogP contribution in [0.3, 0.4) is 0 Å². The zero-order valence-electron chi connectivity index (χ0n) is 12.9.